The third kappa shape index (κ3) is 3.72. The van der Waals surface area contributed by atoms with Gasteiger partial charge in [0.25, 0.3) is 0 Å². The number of nitrogens with one attached hydrogen (secondary N) is 1. The van der Waals surface area contributed by atoms with Gasteiger partial charge in [0.1, 0.15) is 0 Å². The first kappa shape index (κ1) is 18.7. The molecule has 5 nitrogen and oxygen atoms in total. The van der Waals surface area contributed by atoms with Crippen LogP contribution >= 0.6 is 0 Å². The van der Waals surface area contributed by atoms with Gasteiger partial charge in [0.15, 0.2) is 0 Å². The minimum absolute atomic E-state index is 0.0257. The Balaban J connectivity index is 1.59. The lowest BCUT2D eigenvalue weighted by Gasteiger charge is -2.18. The second-order valence-corrected chi connectivity index (χ2v) is 7.23. The summed E-state index contributed by atoms with van der Waals surface area (Å²) in [4.78, 5) is 25.0. The number of fused-ring (bicyclic) bond motifs is 1. The lowest BCUT2D eigenvalue weighted by atomic mass is 9.88. The largest absolute Gasteiger partial charge is 0.328 e. The van der Waals surface area contributed by atoms with Crippen LogP contribution in [-0.4, -0.2) is 15.0 Å². The van der Waals surface area contributed by atoms with Crippen LogP contribution in [0.15, 0.2) is 83.7 Å². The summed E-state index contributed by atoms with van der Waals surface area (Å²) in [6.07, 6.45) is 0.333. The predicted molar refractivity (Wildman–Crippen MR) is 116 cm³/mol. The average molecular weight is 385 g/mol. The molecule has 4 rings (SSSR count). The summed E-state index contributed by atoms with van der Waals surface area (Å²) in [5.74, 6) is -0.0924. The third-order valence-corrected chi connectivity index (χ3v) is 5.35. The molecule has 0 fully saturated rings. The van der Waals surface area contributed by atoms with Gasteiger partial charge in [0.2, 0.25) is 5.91 Å². The minimum atomic E-state index is -0.0864. The Kier molecular flexibility index (Phi) is 5.04. The van der Waals surface area contributed by atoms with Crippen LogP contribution in [0.2, 0.25) is 0 Å². The van der Waals surface area contributed by atoms with Gasteiger partial charge in [-0.3, -0.25) is 13.9 Å². The number of amides is 1. The van der Waals surface area contributed by atoms with Gasteiger partial charge in [-0.1, -0.05) is 60.7 Å². The van der Waals surface area contributed by atoms with E-state index in [1.807, 2.05) is 54.6 Å². The highest BCUT2D eigenvalue weighted by molar-refractivity contribution is 5.93. The van der Waals surface area contributed by atoms with Crippen LogP contribution < -0.4 is 11.0 Å². The standard InChI is InChI=1S/C24H23N3O2/c1-26-21-14-13-19(15-22(21)27(2)24(26)29)25-23(28)16-20(17-9-5-3-6-10-17)18-11-7-4-8-12-18/h3-15,20H,16H2,1-2H3,(H,25,28). The van der Waals surface area contributed by atoms with Crippen molar-refractivity contribution in [3.63, 3.8) is 0 Å². The second-order valence-electron chi connectivity index (χ2n) is 7.23. The molecule has 146 valence electrons. The number of hydrogen-bond acceptors (Lipinski definition) is 2. The number of rotatable bonds is 5. The highest BCUT2D eigenvalue weighted by atomic mass is 16.2. The van der Waals surface area contributed by atoms with Crippen molar-refractivity contribution in [3.05, 3.63) is 100 Å². The van der Waals surface area contributed by atoms with Gasteiger partial charge < -0.3 is 5.32 Å². The van der Waals surface area contributed by atoms with E-state index in [1.165, 1.54) is 0 Å². The number of aryl methyl sites for hydroxylation is 2. The van der Waals surface area contributed by atoms with E-state index in [-0.39, 0.29) is 17.5 Å². The molecule has 3 aromatic carbocycles. The van der Waals surface area contributed by atoms with E-state index >= 15 is 0 Å². The van der Waals surface area contributed by atoms with Crippen LogP contribution in [0.4, 0.5) is 5.69 Å². The lowest BCUT2D eigenvalue weighted by Crippen LogP contribution is -2.19. The summed E-state index contributed by atoms with van der Waals surface area (Å²) >= 11 is 0. The van der Waals surface area contributed by atoms with Crippen molar-refractivity contribution in [3.8, 4) is 0 Å². The van der Waals surface area contributed by atoms with Crippen molar-refractivity contribution in [2.24, 2.45) is 14.1 Å². The van der Waals surface area contributed by atoms with Crippen molar-refractivity contribution < 1.29 is 4.79 Å². The zero-order valence-corrected chi connectivity index (χ0v) is 16.5. The Morgan fingerprint density at radius 1 is 0.828 bits per heavy atom. The minimum Gasteiger partial charge on any atom is -0.326 e. The Hall–Kier alpha value is -3.60. The molecule has 0 atom stereocenters. The van der Waals surface area contributed by atoms with Crippen LogP contribution in [0.5, 0.6) is 0 Å². The van der Waals surface area contributed by atoms with Crippen LogP contribution in [0.3, 0.4) is 0 Å². The zero-order valence-electron chi connectivity index (χ0n) is 16.5. The molecule has 5 heteroatoms. The molecule has 0 unspecified atom stereocenters. The quantitative estimate of drug-likeness (QED) is 0.564. The summed E-state index contributed by atoms with van der Waals surface area (Å²) < 4.78 is 3.18. The lowest BCUT2D eigenvalue weighted by molar-refractivity contribution is -0.116. The van der Waals surface area contributed by atoms with Gasteiger partial charge in [-0.2, -0.15) is 0 Å². The summed E-state index contributed by atoms with van der Waals surface area (Å²) in [6, 6.07) is 25.7. The van der Waals surface area contributed by atoms with Gasteiger partial charge >= 0.3 is 5.69 Å². The van der Waals surface area contributed by atoms with Crippen molar-refractivity contribution in [1.82, 2.24) is 9.13 Å². The Labute approximate surface area is 169 Å². The van der Waals surface area contributed by atoms with Gasteiger partial charge in [-0.25, -0.2) is 4.79 Å². The van der Waals surface area contributed by atoms with Crippen molar-refractivity contribution in [1.29, 1.82) is 0 Å². The number of imidazole rings is 1. The first-order valence-corrected chi connectivity index (χ1v) is 9.60. The Morgan fingerprint density at radius 3 is 1.97 bits per heavy atom. The first-order chi connectivity index (χ1) is 14.0. The molecule has 29 heavy (non-hydrogen) atoms. The molecule has 1 amide bonds. The molecule has 4 aromatic rings. The second kappa shape index (κ2) is 7.80. The molecule has 0 saturated heterocycles. The van der Waals surface area contributed by atoms with E-state index in [9.17, 15) is 9.59 Å². The van der Waals surface area contributed by atoms with E-state index in [4.69, 9.17) is 0 Å². The number of aromatic nitrogens is 2. The number of anilines is 1. The molecule has 0 radical (unpaired) electrons. The highest BCUT2D eigenvalue weighted by Crippen LogP contribution is 2.28. The fourth-order valence-corrected chi connectivity index (χ4v) is 3.78. The van der Waals surface area contributed by atoms with Crippen LogP contribution in [0.1, 0.15) is 23.5 Å². The van der Waals surface area contributed by atoms with E-state index in [1.54, 1.807) is 23.2 Å². The summed E-state index contributed by atoms with van der Waals surface area (Å²) in [5.41, 5.74) is 4.43. The van der Waals surface area contributed by atoms with Crippen molar-refractivity contribution >= 4 is 22.6 Å². The fraction of sp³-hybridized carbons (Fsp3) is 0.167. The number of nitrogens with zero attached hydrogens (tertiary/aromatic N) is 2. The maximum Gasteiger partial charge on any atom is 0.328 e. The molecule has 0 aliphatic heterocycles. The first-order valence-electron chi connectivity index (χ1n) is 9.60. The van der Waals surface area contributed by atoms with Gasteiger partial charge in [0.05, 0.1) is 11.0 Å². The topological polar surface area (TPSA) is 56.0 Å². The molecule has 0 aliphatic carbocycles. The normalized spacial score (nSPS) is 11.1. The summed E-state index contributed by atoms with van der Waals surface area (Å²) in [6.45, 7) is 0. The summed E-state index contributed by atoms with van der Waals surface area (Å²) in [7, 11) is 3.48. The molecule has 0 aliphatic rings. The molecule has 0 saturated carbocycles. The van der Waals surface area contributed by atoms with Crippen LogP contribution in [0, 0.1) is 0 Å². The van der Waals surface area contributed by atoms with E-state index < -0.39 is 0 Å². The fourth-order valence-electron chi connectivity index (χ4n) is 3.78. The smallest absolute Gasteiger partial charge is 0.326 e. The SMILES string of the molecule is Cn1c(=O)n(C)c2cc(NC(=O)CC(c3ccccc3)c3ccccc3)ccc21. The van der Waals surface area contributed by atoms with E-state index in [0.717, 1.165) is 22.2 Å². The molecular weight excluding hydrogens is 362 g/mol. The monoisotopic (exact) mass is 385 g/mol. The predicted octanol–water partition coefficient (Wildman–Crippen LogP) is 4.04. The molecule has 0 bridgehead atoms. The van der Waals surface area contributed by atoms with Gasteiger partial charge in [-0.05, 0) is 29.3 Å². The Morgan fingerprint density at radius 2 is 1.38 bits per heavy atom. The number of hydrogen-bond donors (Lipinski definition) is 1. The highest BCUT2D eigenvalue weighted by Gasteiger charge is 2.18. The molecule has 0 spiro atoms. The Bertz CT molecular complexity index is 1170. The van der Waals surface area contributed by atoms with E-state index in [0.29, 0.717) is 12.1 Å². The van der Waals surface area contributed by atoms with Crippen LogP contribution in [-0.2, 0) is 18.9 Å². The zero-order chi connectivity index (χ0) is 20.4. The maximum absolute atomic E-state index is 12.9. The van der Waals surface area contributed by atoms with Gasteiger partial charge in [-0.15, -0.1) is 0 Å². The maximum atomic E-state index is 12.9. The van der Waals surface area contributed by atoms with E-state index in [2.05, 4.69) is 29.6 Å². The van der Waals surface area contributed by atoms with Gasteiger partial charge in [0, 0.05) is 32.1 Å². The third-order valence-electron chi connectivity index (χ3n) is 5.35. The summed E-state index contributed by atoms with van der Waals surface area (Å²) in [5, 5.41) is 3.00. The number of benzene rings is 3. The average Bonchev–Trinajstić information content (AvgIpc) is 2.97. The van der Waals surface area contributed by atoms with Crippen LogP contribution in [0.25, 0.3) is 11.0 Å². The molecule has 1 heterocycles. The van der Waals surface area contributed by atoms with Crippen molar-refractivity contribution in [2.45, 2.75) is 12.3 Å². The molecule has 1 aromatic heterocycles. The molecule has 1 N–H and O–H groups in total. The number of carbonyl (C=O) groups excluding carboxylic acids is 1. The molecular formula is C24H23N3O2. The number of carbonyl (C=O) groups is 1. The van der Waals surface area contributed by atoms with Crippen molar-refractivity contribution in [2.75, 3.05) is 5.32 Å².